The smallest absolute Gasteiger partial charge is 0.339 e. The van der Waals surface area contributed by atoms with Gasteiger partial charge in [0.05, 0.1) is 28.1 Å². The minimum atomic E-state index is -4.09. The molecule has 11 heteroatoms. The summed E-state index contributed by atoms with van der Waals surface area (Å²) in [5, 5.41) is 0.289. The molecule has 0 unspecified atom stereocenters. The summed E-state index contributed by atoms with van der Waals surface area (Å²) in [5.74, 6) is -0.268. The van der Waals surface area contributed by atoms with E-state index >= 15 is 0 Å². The van der Waals surface area contributed by atoms with Crippen LogP contribution in [0, 0.1) is 6.92 Å². The second kappa shape index (κ2) is 11.2. The number of imide groups is 1. The Balaban J connectivity index is 1.56. The van der Waals surface area contributed by atoms with Gasteiger partial charge in [-0.05, 0) is 79.2 Å². The van der Waals surface area contributed by atoms with Crippen molar-refractivity contribution < 1.29 is 26.9 Å². The molecule has 0 bridgehead atoms. The van der Waals surface area contributed by atoms with E-state index in [2.05, 4.69) is 0 Å². The summed E-state index contributed by atoms with van der Waals surface area (Å²) in [6.45, 7) is 3.90. The van der Waals surface area contributed by atoms with Gasteiger partial charge in [0.1, 0.15) is 4.90 Å². The van der Waals surface area contributed by atoms with E-state index in [-0.39, 0.29) is 34.5 Å². The van der Waals surface area contributed by atoms with Crippen LogP contribution in [0.2, 0.25) is 10.0 Å². The number of hydrogen-bond donors (Lipinski definition) is 0. The maximum atomic E-state index is 12.9. The maximum Gasteiger partial charge on any atom is 0.339 e. The molecular weight excluding hydrogens is 557 g/mol. The SMILES string of the molecule is CCOc1cc(/C=C2\SC(=O)N(Cc3ccc(Cl)c(Cl)c3)C2=O)ccc1OS(=O)(=O)c1ccc(C)cc1. The third-order valence-corrected chi connectivity index (χ3v) is 8.17. The predicted octanol–water partition coefficient (Wildman–Crippen LogP) is 6.70. The minimum Gasteiger partial charge on any atom is -0.490 e. The van der Waals surface area contributed by atoms with Crippen molar-refractivity contribution in [2.45, 2.75) is 25.3 Å². The molecule has 3 aromatic rings. The number of benzene rings is 3. The lowest BCUT2D eigenvalue weighted by Gasteiger charge is -2.13. The molecule has 3 aromatic carbocycles. The standard InChI is InChI=1S/C26H21Cl2NO6S2/c1-3-34-23-13-17(7-11-22(23)35-37(32,33)19-8-4-16(2)5-9-19)14-24-25(30)29(26(31)36-24)15-18-6-10-20(27)21(28)12-18/h4-14H,3,15H2,1-2H3/b24-14-. The Bertz CT molecular complexity index is 1500. The molecule has 37 heavy (non-hydrogen) atoms. The van der Waals surface area contributed by atoms with Gasteiger partial charge in [0, 0.05) is 0 Å². The zero-order valence-corrected chi connectivity index (χ0v) is 22.9. The van der Waals surface area contributed by atoms with Crippen molar-refractivity contribution in [2.75, 3.05) is 6.61 Å². The first kappa shape index (κ1) is 27.1. The van der Waals surface area contributed by atoms with Crippen LogP contribution in [0.5, 0.6) is 11.5 Å². The summed E-state index contributed by atoms with van der Waals surface area (Å²) in [4.78, 5) is 26.8. The summed E-state index contributed by atoms with van der Waals surface area (Å²) in [6, 6.07) is 15.8. The Morgan fingerprint density at radius 1 is 0.946 bits per heavy atom. The van der Waals surface area contributed by atoms with E-state index in [1.165, 1.54) is 18.2 Å². The van der Waals surface area contributed by atoms with E-state index in [4.69, 9.17) is 32.1 Å². The quantitative estimate of drug-likeness (QED) is 0.217. The number of amides is 2. The summed E-state index contributed by atoms with van der Waals surface area (Å²) in [7, 11) is -4.09. The van der Waals surface area contributed by atoms with Gasteiger partial charge < -0.3 is 8.92 Å². The molecule has 0 saturated carbocycles. The van der Waals surface area contributed by atoms with Gasteiger partial charge in [-0.1, -0.05) is 53.0 Å². The van der Waals surface area contributed by atoms with E-state index in [9.17, 15) is 18.0 Å². The molecule has 0 atom stereocenters. The van der Waals surface area contributed by atoms with Gasteiger partial charge >= 0.3 is 10.1 Å². The van der Waals surface area contributed by atoms with Gasteiger partial charge in [0.25, 0.3) is 11.1 Å². The number of halogens is 2. The average molecular weight is 578 g/mol. The van der Waals surface area contributed by atoms with Crippen LogP contribution < -0.4 is 8.92 Å². The third kappa shape index (κ3) is 6.30. The number of nitrogens with zero attached hydrogens (tertiary/aromatic N) is 1. The van der Waals surface area contributed by atoms with Crippen LogP contribution in [0.4, 0.5) is 4.79 Å². The Morgan fingerprint density at radius 2 is 1.68 bits per heavy atom. The third-order valence-electron chi connectivity index (χ3n) is 5.27. The molecule has 0 aromatic heterocycles. The number of aryl methyl sites for hydroxylation is 1. The number of hydrogen-bond acceptors (Lipinski definition) is 7. The van der Waals surface area contributed by atoms with Crippen molar-refractivity contribution in [3.8, 4) is 11.5 Å². The molecule has 2 amide bonds. The summed E-state index contributed by atoms with van der Waals surface area (Å²) in [6.07, 6.45) is 1.54. The molecule has 1 heterocycles. The van der Waals surface area contributed by atoms with E-state index in [1.54, 1.807) is 55.5 Å². The average Bonchev–Trinajstić information content (AvgIpc) is 3.10. The molecule has 0 radical (unpaired) electrons. The van der Waals surface area contributed by atoms with Crippen molar-refractivity contribution in [3.63, 3.8) is 0 Å². The molecule has 0 N–H and O–H groups in total. The summed E-state index contributed by atoms with van der Waals surface area (Å²) < 4.78 is 36.4. The van der Waals surface area contributed by atoms with Gasteiger partial charge in [0.15, 0.2) is 11.5 Å². The van der Waals surface area contributed by atoms with E-state index in [0.29, 0.717) is 21.2 Å². The molecule has 0 aliphatic carbocycles. The fraction of sp³-hybridized carbons (Fsp3) is 0.154. The largest absolute Gasteiger partial charge is 0.490 e. The second-order valence-corrected chi connectivity index (χ2v) is 11.4. The lowest BCUT2D eigenvalue weighted by molar-refractivity contribution is -0.123. The van der Waals surface area contributed by atoms with Gasteiger partial charge in [-0.3, -0.25) is 14.5 Å². The minimum absolute atomic E-state index is 0.00676. The van der Waals surface area contributed by atoms with Crippen molar-refractivity contribution in [3.05, 3.63) is 92.3 Å². The van der Waals surface area contributed by atoms with Crippen molar-refractivity contribution >= 4 is 62.3 Å². The van der Waals surface area contributed by atoms with Gasteiger partial charge in [-0.2, -0.15) is 8.42 Å². The molecule has 1 aliphatic heterocycles. The number of rotatable bonds is 8. The van der Waals surface area contributed by atoms with Crippen LogP contribution in [-0.4, -0.2) is 31.1 Å². The Labute approximate surface area is 229 Å². The molecular formula is C26H21Cl2NO6S2. The Hall–Kier alpha value is -2.98. The topological polar surface area (TPSA) is 90.0 Å². The van der Waals surface area contributed by atoms with E-state index < -0.39 is 21.3 Å². The van der Waals surface area contributed by atoms with E-state index in [0.717, 1.165) is 22.2 Å². The van der Waals surface area contributed by atoms with Crippen LogP contribution in [0.25, 0.3) is 6.08 Å². The van der Waals surface area contributed by atoms with E-state index in [1.807, 2.05) is 6.92 Å². The number of thioether (sulfide) groups is 1. The maximum absolute atomic E-state index is 12.9. The Morgan fingerprint density at radius 3 is 2.35 bits per heavy atom. The molecule has 7 nitrogen and oxygen atoms in total. The first-order valence-electron chi connectivity index (χ1n) is 11.0. The highest BCUT2D eigenvalue weighted by Crippen LogP contribution is 2.36. The zero-order valence-electron chi connectivity index (χ0n) is 19.7. The second-order valence-electron chi connectivity index (χ2n) is 8.01. The highest BCUT2D eigenvalue weighted by molar-refractivity contribution is 8.18. The van der Waals surface area contributed by atoms with Gasteiger partial charge in [-0.25, -0.2) is 0 Å². The Kier molecular flexibility index (Phi) is 8.18. The van der Waals surface area contributed by atoms with Crippen LogP contribution in [0.1, 0.15) is 23.6 Å². The van der Waals surface area contributed by atoms with Crippen molar-refractivity contribution in [2.24, 2.45) is 0 Å². The van der Waals surface area contributed by atoms with Crippen LogP contribution >= 0.6 is 35.0 Å². The molecule has 1 aliphatic rings. The number of ether oxygens (including phenoxy) is 1. The predicted molar refractivity (Wildman–Crippen MR) is 145 cm³/mol. The highest BCUT2D eigenvalue weighted by atomic mass is 35.5. The van der Waals surface area contributed by atoms with Crippen molar-refractivity contribution in [1.82, 2.24) is 4.90 Å². The molecule has 4 rings (SSSR count). The van der Waals surface area contributed by atoms with Gasteiger partial charge in [0.2, 0.25) is 0 Å². The highest BCUT2D eigenvalue weighted by Gasteiger charge is 2.35. The first-order chi connectivity index (χ1) is 17.6. The van der Waals surface area contributed by atoms with Gasteiger partial charge in [-0.15, -0.1) is 0 Å². The molecule has 192 valence electrons. The normalized spacial score (nSPS) is 14.9. The summed E-state index contributed by atoms with van der Waals surface area (Å²) in [5.41, 5.74) is 2.11. The first-order valence-corrected chi connectivity index (χ1v) is 14.0. The van der Waals surface area contributed by atoms with Crippen molar-refractivity contribution in [1.29, 1.82) is 0 Å². The summed E-state index contributed by atoms with van der Waals surface area (Å²) >= 11 is 12.8. The lowest BCUT2D eigenvalue weighted by atomic mass is 10.1. The fourth-order valence-electron chi connectivity index (χ4n) is 3.43. The van der Waals surface area contributed by atoms with Crippen LogP contribution in [0.3, 0.4) is 0 Å². The molecule has 0 spiro atoms. The molecule has 1 saturated heterocycles. The fourth-order valence-corrected chi connectivity index (χ4v) is 5.53. The zero-order chi connectivity index (χ0) is 26.7. The monoisotopic (exact) mass is 577 g/mol. The van der Waals surface area contributed by atoms with Crippen LogP contribution in [0.15, 0.2) is 70.5 Å². The number of carbonyl (C=O) groups is 2. The lowest BCUT2D eigenvalue weighted by Crippen LogP contribution is -2.27. The van der Waals surface area contributed by atoms with Crippen LogP contribution in [-0.2, 0) is 21.5 Å². The molecule has 1 fully saturated rings. The number of carbonyl (C=O) groups excluding carboxylic acids is 2.